The van der Waals surface area contributed by atoms with E-state index in [4.69, 9.17) is 4.74 Å². The molecule has 2 nitrogen and oxygen atoms in total. The van der Waals surface area contributed by atoms with E-state index >= 15 is 0 Å². The van der Waals surface area contributed by atoms with Gasteiger partial charge in [-0.3, -0.25) is 0 Å². The fourth-order valence-corrected chi connectivity index (χ4v) is 8.45. The van der Waals surface area contributed by atoms with Crippen LogP contribution in [0.25, 0.3) is 55.6 Å². The Balaban J connectivity index is 0.971. The quantitative estimate of drug-likeness (QED) is 0.153. The van der Waals surface area contributed by atoms with Crippen molar-refractivity contribution in [1.29, 1.82) is 0 Å². The molecule has 1 aliphatic rings. The van der Waals surface area contributed by atoms with Gasteiger partial charge >= 0.3 is 0 Å². The van der Waals surface area contributed by atoms with Crippen molar-refractivity contribution < 1.29 is 4.74 Å². The third kappa shape index (κ3) is 7.00. The number of fused-ring (bicyclic) bond motifs is 2. The van der Waals surface area contributed by atoms with Gasteiger partial charge in [0.25, 0.3) is 0 Å². The molecule has 1 aliphatic heterocycles. The second-order valence-electron chi connectivity index (χ2n) is 15.8. The summed E-state index contributed by atoms with van der Waals surface area (Å²) in [4.78, 5) is 2.34. The predicted octanol–water partition coefficient (Wildman–Crippen LogP) is 15.9. The second kappa shape index (κ2) is 15.2. The predicted molar refractivity (Wildman–Crippen MR) is 247 cm³/mol. The van der Waals surface area contributed by atoms with Crippen LogP contribution in [0.4, 0.5) is 17.1 Å². The van der Waals surface area contributed by atoms with E-state index in [1.165, 1.54) is 61.2 Å². The molecular formula is C57H43NO. The molecule has 0 fully saturated rings. The largest absolute Gasteiger partial charge is 0.457 e. The molecule has 59 heavy (non-hydrogen) atoms. The Kier molecular flexibility index (Phi) is 9.24. The summed E-state index contributed by atoms with van der Waals surface area (Å²) < 4.78 is 6.37. The summed E-state index contributed by atoms with van der Waals surface area (Å²) in [5.74, 6) is 1.86. The minimum atomic E-state index is -0.177. The minimum absolute atomic E-state index is 0.177. The average molecular weight is 758 g/mol. The number of ether oxygens (including phenoxy) is 1. The number of anilines is 3. The molecule has 9 aromatic rings. The lowest BCUT2D eigenvalue weighted by atomic mass is 9.75. The highest BCUT2D eigenvalue weighted by Crippen LogP contribution is 2.49. The van der Waals surface area contributed by atoms with Crippen molar-refractivity contribution in [3.05, 3.63) is 236 Å². The second-order valence-corrected chi connectivity index (χ2v) is 15.8. The first-order chi connectivity index (χ1) is 29.0. The Morgan fingerprint density at radius 1 is 0.288 bits per heavy atom. The van der Waals surface area contributed by atoms with Gasteiger partial charge in [0, 0.05) is 33.6 Å². The van der Waals surface area contributed by atoms with Crippen molar-refractivity contribution in [2.24, 2.45) is 0 Å². The van der Waals surface area contributed by atoms with Crippen LogP contribution < -0.4 is 9.64 Å². The summed E-state index contributed by atoms with van der Waals surface area (Å²) in [7, 11) is 0. The fourth-order valence-electron chi connectivity index (χ4n) is 8.45. The summed E-state index contributed by atoms with van der Waals surface area (Å²) in [6, 6.07) is 80.5. The van der Waals surface area contributed by atoms with Crippen molar-refractivity contribution in [3.63, 3.8) is 0 Å². The molecule has 282 valence electrons. The lowest BCUT2D eigenvalue weighted by Gasteiger charge is -2.34. The van der Waals surface area contributed by atoms with Crippen LogP contribution in [0, 0.1) is 0 Å². The summed E-state index contributed by atoms with van der Waals surface area (Å²) >= 11 is 0. The van der Waals surface area contributed by atoms with E-state index in [1.54, 1.807) is 0 Å². The van der Waals surface area contributed by atoms with Crippen LogP contribution in [0.3, 0.4) is 0 Å². The van der Waals surface area contributed by atoms with Crippen LogP contribution in [-0.4, -0.2) is 0 Å². The van der Waals surface area contributed by atoms with Crippen LogP contribution in [0.15, 0.2) is 224 Å². The molecule has 0 aliphatic carbocycles. The Morgan fingerprint density at radius 2 is 0.593 bits per heavy atom. The van der Waals surface area contributed by atoms with E-state index in [9.17, 15) is 0 Å². The zero-order valence-corrected chi connectivity index (χ0v) is 33.2. The van der Waals surface area contributed by atoms with E-state index in [0.717, 1.165) is 34.1 Å². The van der Waals surface area contributed by atoms with Gasteiger partial charge in [-0.25, -0.2) is 0 Å². The number of nitrogens with zero attached hydrogens (tertiary/aromatic N) is 1. The summed E-state index contributed by atoms with van der Waals surface area (Å²) in [6.07, 6.45) is 0. The molecule has 10 rings (SSSR count). The minimum Gasteiger partial charge on any atom is -0.457 e. The van der Waals surface area contributed by atoms with Crippen LogP contribution in [0.1, 0.15) is 25.0 Å². The van der Waals surface area contributed by atoms with Crippen molar-refractivity contribution in [1.82, 2.24) is 0 Å². The molecule has 9 aromatic carbocycles. The molecule has 0 atom stereocenters. The first kappa shape index (κ1) is 36.0. The topological polar surface area (TPSA) is 12.5 Å². The zero-order chi connectivity index (χ0) is 39.8. The third-order valence-corrected chi connectivity index (χ3v) is 11.8. The van der Waals surface area contributed by atoms with Gasteiger partial charge in [0.2, 0.25) is 0 Å². The molecule has 0 amide bonds. The van der Waals surface area contributed by atoms with Gasteiger partial charge in [0.15, 0.2) is 0 Å². The van der Waals surface area contributed by atoms with Gasteiger partial charge in [0.1, 0.15) is 11.5 Å². The molecule has 0 radical (unpaired) electrons. The Hall–Kier alpha value is -7.42. The summed E-state index contributed by atoms with van der Waals surface area (Å²) in [5, 5.41) is 0. The molecule has 1 heterocycles. The maximum absolute atomic E-state index is 6.37. The first-order valence-electron chi connectivity index (χ1n) is 20.3. The molecule has 0 saturated carbocycles. The fraction of sp³-hybridized carbons (Fsp3) is 0.0526. The van der Waals surface area contributed by atoms with Gasteiger partial charge in [-0.1, -0.05) is 184 Å². The molecular weight excluding hydrogens is 715 g/mol. The smallest absolute Gasteiger partial charge is 0.131 e. The first-order valence-corrected chi connectivity index (χ1v) is 20.3. The maximum atomic E-state index is 6.37. The molecule has 0 spiro atoms. The number of hydrogen-bond donors (Lipinski definition) is 0. The van der Waals surface area contributed by atoms with Crippen molar-refractivity contribution in [2.75, 3.05) is 4.90 Å². The van der Waals surface area contributed by atoms with E-state index in [0.29, 0.717) is 0 Å². The summed E-state index contributed by atoms with van der Waals surface area (Å²) in [5.41, 5.74) is 17.5. The van der Waals surface area contributed by atoms with Crippen molar-refractivity contribution in [3.8, 4) is 67.1 Å². The lowest BCUT2D eigenvalue weighted by molar-refractivity contribution is 0.418. The molecule has 0 unspecified atom stereocenters. The van der Waals surface area contributed by atoms with Gasteiger partial charge < -0.3 is 9.64 Å². The molecule has 0 bridgehead atoms. The number of hydrogen-bond acceptors (Lipinski definition) is 2. The molecule has 0 aromatic heterocycles. The van der Waals surface area contributed by atoms with Gasteiger partial charge in [0.05, 0.1) is 0 Å². The Morgan fingerprint density at radius 3 is 1.02 bits per heavy atom. The highest BCUT2D eigenvalue weighted by Gasteiger charge is 2.34. The van der Waals surface area contributed by atoms with Crippen LogP contribution in [-0.2, 0) is 5.41 Å². The van der Waals surface area contributed by atoms with Crippen LogP contribution in [0.5, 0.6) is 11.5 Å². The number of rotatable bonds is 8. The molecule has 2 heteroatoms. The number of para-hydroxylation sites is 1. The van der Waals surface area contributed by atoms with Crippen LogP contribution >= 0.6 is 0 Å². The van der Waals surface area contributed by atoms with E-state index in [-0.39, 0.29) is 5.41 Å². The van der Waals surface area contributed by atoms with Crippen molar-refractivity contribution >= 4 is 17.1 Å². The van der Waals surface area contributed by atoms with Crippen molar-refractivity contribution in [2.45, 2.75) is 19.3 Å². The van der Waals surface area contributed by atoms with Gasteiger partial charge in [-0.15, -0.1) is 0 Å². The third-order valence-electron chi connectivity index (χ3n) is 11.8. The highest BCUT2D eigenvalue weighted by atomic mass is 16.5. The number of benzene rings is 9. The standard InChI is InChI=1S/C57H43NO/c1-57(2)53-15-9-10-16-55(53)59-56-38-31-49(39-54(56)57)48-29-36-52(37-30-48)58(50-32-25-46(26-33-50)44-21-17-42(18-22-44)40-11-5-3-6-12-40)51-34-27-47(28-35-51)45-23-19-43(20-24-45)41-13-7-4-8-14-41/h3-39H,1-2H3. The van der Waals surface area contributed by atoms with E-state index in [2.05, 4.69) is 237 Å². The lowest BCUT2D eigenvalue weighted by Crippen LogP contribution is -2.24. The van der Waals surface area contributed by atoms with Crippen LogP contribution in [0.2, 0.25) is 0 Å². The highest BCUT2D eigenvalue weighted by molar-refractivity contribution is 5.82. The zero-order valence-electron chi connectivity index (χ0n) is 33.2. The Bertz CT molecular complexity index is 2730. The van der Waals surface area contributed by atoms with Gasteiger partial charge in [-0.05, 0) is 110 Å². The average Bonchev–Trinajstić information content (AvgIpc) is 3.31. The van der Waals surface area contributed by atoms with Gasteiger partial charge in [-0.2, -0.15) is 0 Å². The SMILES string of the molecule is CC1(C)c2ccccc2Oc2ccc(-c3ccc(N(c4ccc(-c5ccc(-c6ccccc6)cc5)cc4)c4ccc(-c5ccc(-c6ccccc6)cc5)cc4)cc3)cc21. The monoisotopic (exact) mass is 757 g/mol. The molecule has 0 N–H and O–H groups in total. The summed E-state index contributed by atoms with van der Waals surface area (Å²) in [6.45, 7) is 4.57. The maximum Gasteiger partial charge on any atom is 0.131 e. The normalized spacial score (nSPS) is 12.5. The Labute approximate surface area is 347 Å². The van der Waals surface area contributed by atoms with E-state index in [1.807, 2.05) is 6.07 Å². The molecule has 0 saturated heterocycles. The van der Waals surface area contributed by atoms with E-state index < -0.39 is 0 Å².